The fraction of sp³-hybridized carbons (Fsp3) is 0.750. The van der Waals surface area contributed by atoms with E-state index in [0.29, 0.717) is 18.9 Å². The highest BCUT2D eigenvalue weighted by Crippen LogP contribution is 2.22. The van der Waals surface area contributed by atoms with Gasteiger partial charge in [-0.15, -0.1) is 0 Å². The monoisotopic (exact) mass is 361 g/mol. The van der Waals surface area contributed by atoms with E-state index in [2.05, 4.69) is 25.8 Å². The zero-order valence-corrected chi connectivity index (χ0v) is 16.2. The van der Waals surface area contributed by atoms with Gasteiger partial charge >= 0.3 is 0 Å². The molecule has 2 saturated heterocycles. The molecule has 1 aromatic heterocycles. The summed E-state index contributed by atoms with van der Waals surface area (Å²) in [5.41, 5.74) is 0.725. The Kier molecular flexibility index (Phi) is 5.80. The van der Waals surface area contributed by atoms with Crippen LogP contribution in [-0.2, 0) is 21.5 Å². The molecule has 144 valence electrons. The second-order valence-corrected chi connectivity index (χ2v) is 8.68. The molecular formula is C20H31N3O3. The molecule has 0 aromatic carbocycles. The normalized spacial score (nSPS) is 22.0. The summed E-state index contributed by atoms with van der Waals surface area (Å²) in [6, 6.07) is 1.65. The summed E-state index contributed by atoms with van der Waals surface area (Å²) in [6.45, 7) is 9.20. The lowest BCUT2D eigenvalue weighted by molar-refractivity contribution is -0.134. The van der Waals surface area contributed by atoms with E-state index in [0.717, 1.165) is 51.1 Å². The zero-order chi connectivity index (χ0) is 18.7. The van der Waals surface area contributed by atoms with E-state index in [1.54, 1.807) is 17.0 Å². The van der Waals surface area contributed by atoms with Crippen molar-refractivity contribution in [1.29, 1.82) is 0 Å². The van der Waals surface area contributed by atoms with Crippen LogP contribution in [0.2, 0.25) is 0 Å². The Morgan fingerprint density at radius 3 is 2.58 bits per heavy atom. The van der Waals surface area contributed by atoms with Gasteiger partial charge in [0.1, 0.15) is 0 Å². The van der Waals surface area contributed by atoms with Crippen LogP contribution in [0.3, 0.4) is 0 Å². The number of carbonyl (C=O) groups excluding carboxylic acids is 1. The third kappa shape index (κ3) is 4.72. The summed E-state index contributed by atoms with van der Waals surface area (Å²) in [4.78, 5) is 31.2. The number of amides is 1. The first kappa shape index (κ1) is 19.1. The first-order chi connectivity index (χ1) is 12.3. The topological polar surface area (TPSA) is 64.4 Å². The van der Waals surface area contributed by atoms with Gasteiger partial charge in [0.2, 0.25) is 5.91 Å². The van der Waals surface area contributed by atoms with Gasteiger partial charge in [-0.3, -0.25) is 14.2 Å². The number of aromatic nitrogens is 2. The molecule has 3 heterocycles. The highest BCUT2D eigenvalue weighted by atomic mass is 16.5. The van der Waals surface area contributed by atoms with Gasteiger partial charge in [0.05, 0.1) is 24.5 Å². The van der Waals surface area contributed by atoms with Crippen molar-refractivity contribution in [3.8, 4) is 0 Å². The summed E-state index contributed by atoms with van der Waals surface area (Å²) >= 11 is 0. The third-order valence-corrected chi connectivity index (χ3v) is 5.50. The SMILES string of the molecule is CC(C)(C)c1cc(=O)n(CC2CCN(C(=O)CC3CCCO3)CC2)cn1. The maximum absolute atomic E-state index is 12.4. The maximum atomic E-state index is 12.4. The van der Waals surface area contributed by atoms with Gasteiger partial charge in [-0.05, 0) is 31.6 Å². The molecule has 3 rings (SSSR count). The number of ether oxygens (including phenoxy) is 1. The molecule has 0 N–H and O–H groups in total. The average Bonchev–Trinajstić information content (AvgIpc) is 3.09. The van der Waals surface area contributed by atoms with Crippen molar-refractivity contribution < 1.29 is 9.53 Å². The number of piperidine rings is 1. The van der Waals surface area contributed by atoms with Crippen LogP contribution < -0.4 is 5.56 Å². The first-order valence-electron chi connectivity index (χ1n) is 9.79. The van der Waals surface area contributed by atoms with E-state index >= 15 is 0 Å². The largest absolute Gasteiger partial charge is 0.378 e. The lowest BCUT2D eigenvalue weighted by atomic mass is 9.92. The third-order valence-electron chi connectivity index (χ3n) is 5.50. The van der Waals surface area contributed by atoms with E-state index in [1.165, 1.54) is 0 Å². The Labute approximate surface area is 155 Å². The summed E-state index contributed by atoms with van der Waals surface area (Å²) in [5, 5.41) is 0. The number of likely N-dealkylation sites (tertiary alicyclic amines) is 1. The second kappa shape index (κ2) is 7.91. The molecule has 6 heteroatoms. The fourth-order valence-corrected chi connectivity index (χ4v) is 3.75. The van der Waals surface area contributed by atoms with E-state index in [-0.39, 0.29) is 23.0 Å². The molecule has 1 aromatic rings. The van der Waals surface area contributed by atoms with Crippen molar-refractivity contribution in [2.75, 3.05) is 19.7 Å². The molecule has 2 fully saturated rings. The number of nitrogens with zero attached hydrogens (tertiary/aromatic N) is 3. The van der Waals surface area contributed by atoms with E-state index in [9.17, 15) is 9.59 Å². The minimum atomic E-state index is -0.118. The zero-order valence-electron chi connectivity index (χ0n) is 16.2. The van der Waals surface area contributed by atoms with Crippen LogP contribution in [0.4, 0.5) is 0 Å². The van der Waals surface area contributed by atoms with E-state index in [1.807, 2.05) is 4.90 Å². The van der Waals surface area contributed by atoms with Crippen LogP contribution >= 0.6 is 0 Å². The van der Waals surface area contributed by atoms with Crippen LogP contribution in [0.1, 0.15) is 58.6 Å². The molecule has 0 radical (unpaired) electrons. The second-order valence-electron chi connectivity index (χ2n) is 8.68. The fourth-order valence-electron chi connectivity index (χ4n) is 3.75. The quantitative estimate of drug-likeness (QED) is 0.826. The van der Waals surface area contributed by atoms with Crippen LogP contribution in [0.5, 0.6) is 0 Å². The highest BCUT2D eigenvalue weighted by molar-refractivity contribution is 5.76. The standard InChI is InChI=1S/C20H31N3O3/c1-20(2,3)17-12-19(25)23(14-21-17)13-15-6-8-22(9-7-15)18(24)11-16-5-4-10-26-16/h12,14-16H,4-11,13H2,1-3H3. The number of hydrogen-bond donors (Lipinski definition) is 0. The van der Waals surface area contributed by atoms with Crippen LogP contribution in [0.25, 0.3) is 0 Å². The van der Waals surface area contributed by atoms with Gasteiger partial charge in [-0.2, -0.15) is 0 Å². The van der Waals surface area contributed by atoms with Crippen molar-refractivity contribution in [2.45, 2.75) is 70.9 Å². The molecule has 6 nitrogen and oxygen atoms in total. The Bertz CT molecular complexity index is 678. The van der Waals surface area contributed by atoms with E-state index < -0.39 is 0 Å². The number of rotatable bonds is 4. The van der Waals surface area contributed by atoms with Crippen LogP contribution in [0.15, 0.2) is 17.2 Å². The predicted molar refractivity (Wildman–Crippen MR) is 100 cm³/mol. The molecule has 0 aliphatic carbocycles. The van der Waals surface area contributed by atoms with Gasteiger partial charge in [-0.25, -0.2) is 4.98 Å². The molecule has 0 saturated carbocycles. The predicted octanol–water partition coefficient (Wildman–Crippen LogP) is 2.35. The number of hydrogen-bond acceptors (Lipinski definition) is 4. The molecule has 2 aliphatic rings. The summed E-state index contributed by atoms with van der Waals surface area (Å²) in [5.74, 6) is 0.630. The van der Waals surface area contributed by atoms with Gasteiger partial charge in [0.15, 0.2) is 0 Å². The lowest BCUT2D eigenvalue weighted by Gasteiger charge is -2.32. The molecule has 1 amide bonds. The van der Waals surface area contributed by atoms with Gasteiger partial charge in [0, 0.05) is 37.7 Å². The minimum Gasteiger partial charge on any atom is -0.378 e. The molecule has 1 unspecified atom stereocenters. The van der Waals surface area contributed by atoms with Crippen LogP contribution in [0, 0.1) is 5.92 Å². The van der Waals surface area contributed by atoms with Crippen molar-refractivity contribution in [3.63, 3.8) is 0 Å². The molecule has 0 bridgehead atoms. The summed E-state index contributed by atoms with van der Waals surface area (Å²) in [7, 11) is 0. The average molecular weight is 361 g/mol. The van der Waals surface area contributed by atoms with E-state index in [4.69, 9.17) is 4.74 Å². The summed E-state index contributed by atoms with van der Waals surface area (Å²) in [6.07, 6.45) is 6.25. The van der Waals surface area contributed by atoms with Gasteiger partial charge in [0.25, 0.3) is 5.56 Å². The highest BCUT2D eigenvalue weighted by Gasteiger charge is 2.27. The Morgan fingerprint density at radius 1 is 1.27 bits per heavy atom. The van der Waals surface area contributed by atoms with Crippen LogP contribution in [-0.4, -0.2) is 46.2 Å². The molecular weight excluding hydrogens is 330 g/mol. The smallest absolute Gasteiger partial charge is 0.253 e. The maximum Gasteiger partial charge on any atom is 0.253 e. The molecule has 2 aliphatic heterocycles. The van der Waals surface area contributed by atoms with Crippen molar-refractivity contribution in [3.05, 3.63) is 28.4 Å². The molecule has 0 spiro atoms. The van der Waals surface area contributed by atoms with Gasteiger partial charge < -0.3 is 9.64 Å². The molecule has 26 heavy (non-hydrogen) atoms. The summed E-state index contributed by atoms with van der Waals surface area (Å²) < 4.78 is 7.28. The van der Waals surface area contributed by atoms with Crippen molar-refractivity contribution >= 4 is 5.91 Å². The Morgan fingerprint density at radius 2 is 2.00 bits per heavy atom. The first-order valence-corrected chi connectivity index (χ1v) is 9.79. The lowest BCUT2D eigenvalue weighted by Crippen LogP contribution is -2.41. The number of carbonyl (C=O) groups is 1. The minimum absolute atomic E-state index is 0.0156. The molecule has 1 atom stereocenters. The van der Waals surface area contributed by atoms with Crippen molar-refractivity contribution in [1.82, 2.24) is 14.5 Å². The Balaban J connectivity index is 1.51. The Hall–Kier alpha value is -1.69. The van der Waals surface area contributed by atoms with Crippen molar-refractivity contribution in [2.24, 2.45) is 5.92 Å². The van der Waals surface area contributed by atoms with Gasteiger partial charge in [-0.1, -0.05) is 20.8 Å².